The normalized spacial score (nSPS) is 11.9. The molecular weight excluding hydrogens is 418 g/mol. The summed E-state index contributed by atoms with van der Waals surface area (Å²) in [6.45, 7) is 4.01. The van der Waals surface area contributed by atoms with Crippen molar-refractivity contribution >= 4 is 32.7 Å². The van der Waals surface area contributed by atoms with Gasteiger partial charge in [-0.25, -0.2) is 13.1 Å². The highest BCUT2D eigenvalue weighted by atomic mass is 32.2. The van der Waals surface area contributed by atoms with E-state index in [1.807, 2.05) is 54.1 Å². The Kier molecular flexibility index (Phi) is 5.94. The number of nitrogens with one attached hydrogen (secondary N) is 2. The molecule has 0 fully saturated rings. The minimum atomic E-state index is -3.21. The largest absolute Gasteiger partial charge is 0.360 e. The molecule has 0 aliphatic heterocycles. The van der Waals surface area contributed by atoms with Crippen LogP contribution >= 0.6 is 11.8 Å². The van der Waals surface area contributed by atoms with Crippen LogP contribution in [0, 0.1) is 6.92 Å². The minimum absolute atomic E-state index is 0.0713. The maximum atomic E-state index is 11.7. The van der Waals surface area contributed by atoms with Crippen molar-refractivity contribution in [3.8, 4) is 17.1 Å². The Labute approximate surface area is 180 Å². The van der Waals surface area contributed by atoms with E-state index in [2.05, 4.69) is 32.0 Å². The number of rotatable bonds is 8. The van der Waals surface area contributed by atoms with Gasteiger partial charge in [0.2, 0.25) is 10.0 Å². The first-order valence-corrected chi connectivity index (χ1v) is 12.3. The highest BCUT2D eigenvalue weighted by Gasteiger charge is 2.19. The fourth-order valence-corrected chi connectivity index (χ4v) is 4.79. The molecule has 0 bridgehead atoms. The van der Waals surface area contributed by atoms with E-state index in [0.29, 0.717) is 12.3 Å². The Hall–Kier alpha value is -2.62. The van der Waals surface area contributed by atoms with Gasteiger partial charge in [0.1, 0.15) is 0 Å². The van der Waals surface area contributed by atoms with E-state index in [-0.39, 0.29) is 5.75 Å². The zero-order chi connectivity index (χ0) is 21.1. The number of sulfonamides is 1. The van der Waals surface area contributed by atoms with Crippen molar-refractivity contribution in [1.82, 2.24) is 24.5 Å². The molecule has 0 radical (unpaired) electrons. The molecule has 156 valence electrons. The molecule has 0 aliphatic carbocycles. The third-order valence-corrected chi connectivity index (χ3v) is 7.09. The third-order valence-electron chi connectivity index (χ3n) is 4.76. The van der Waals surface area contributed by atoms with Crippen LogP contribution in [0.3, 0.4) is 0 Å². The Bertz CT molecular complexity index is 1280. The van der Waals surface area contributed by atoms with Gasteiger partial charge in [0.05, 0.1) is 5.75 Å². The summed E-state index contributed by atoms with van der Waals surface area (Å²) in [5, 5.41) is 10.7. The molecule has 0 saturated heterocycles. The molecule has 2 heterocycles. The van der Waals surface area contributed by atoms with Gasteiger partial charge in [-0.3, -0.25) is 4.57 Å². The molecule has 9 heteroatoms. The van der Waals surface area contributed by atoms with Crippen LogP contribution in [-0.2, 0) is 10.0 Å². The van der Waals surface area contributed by atoms with E-state index in [0.717, 1.165) is 38.7 Å². The van der Waals surface area contributed by atoms with Crippen LogP contribution in [0.1, 0.15) is 12.5 Å². The van der Waals surface area contributed by atoms with Crippen LogP contribution in [0.2, 0.25) is 0 Å². The number of fused-ring (bicyclic) bond motifs is 1. The smallest absolute Gasteiger partial charge is 0.211 e. The number of aromatic amines is 1. The van der Waals surface area contributed by atoms with Crippen molar-refractivity contribution in [3.05, 3.63) is 60.3 Å². The lowest BCUT2D eigenvalue weighted by atomic mass is 10.1. The molecular formula is C21H23N5O2S2. The first kappa shape index (κ1) is 20.6. The van der Waals surface area contributed by atoms with E-state index >= 15 is 0 Å². The van der Waals surface area contributed by atoms with Crippen LogP contribution in [0.15, 0.2) is 59.9 Å². The molecule has 0 saturated carbocycles. The lowest BCUT2D eigenvalue weighted by Crippen LogP contribution is -2.27. The van der Waals surface area contributed by atoms with Gasteiger partial charge in [0.15, 0.2) is 11.0 Å². The molecule has 0 amide bonds. The van der Waals surface area contributed by atoms with Gasteiger partial charge < -0.3 is 4.98 Å². The average molecular weight is 442 g/mol. The summed E-state index contributed by atoms with van der Waals surface area (Å²) in [6, 6.07) is 16.3. The average Bonchev–Trinajstić information content (AvgIpc) is 3.35. The molecule has 0 aliphatic rings. The Morgan fingerprint density at radius 3 is 2.77 bits per heavy atom. The van der Waals surface area contributed by atoms with Crippen molar-refractivity contribution in [2.45, 2.75) is 19.0 Å². The highest BCUT2D eigenvalue weighted by molar-refractivity contribution is 7.99. The van der Waals surface area contributed by atoms with Gasteiger partial charge >= 0.3 is 0 Å². The second-order valence-electron chi connectivity index (χ2n) is 6.87. The number of nitrogens with zero attached hydrogens (tertiary/aromatic N) is 3. The van der Waals surface area contributed by atoms with E-state index in [9.17, 15) is 8.42 Å². The third kappa shape index (κ3) is 4.28. The molecule has 0 atom stereocenters. The molecule has 2 N–H and O–H groups in total. The van der Waals surface area contributed by atoms with Gasteiger partial charge in [0.25, 0.3) is 0 Å². The van der Waals surface area contributed by atoms with E-state index in [4.69, 9.17) is 0 Å². The van der Waals surface area contributed by atoms with Crippen molar-refractivity contribution in [1.29, 1.82) is 0 Å². The standard InChI is InChI=1S/C21H23N5O2S2/c1-3-30(27,28)23-11-12-29-21-25-24-20(26(21)16-8-6-7-15(2)13-16)18-14-22-19-10-5-4-9-17(18)19/h4-10,13-14,22-23H,3,11-12H2,1-2H3. The molecule has 0 spiro atoms. The first-order chi connectivity index (χ1) is 14.5. The molecule has 4 rings (SSSR count). The summed E-state index contributed by atoms with van der Waals surface area (Å²) in [4.78, 5) is 3.30. The van der Waals surface area contributed by atoms with Gasteiger partial charge in [0, 0.05) is 40.6 Å². The molecule has 7 nitrogen and oxygen atoms in total. The SMILES string of the molecule is CCS(=O)(=O)NCCSc1nnc(-c2c[nH]c3ccccc23)n1-c1cccc(C)c1. The van der Waals surface area contributed by atoms with Gasteiger partial charge in [-0.2, -0.15) is 0 Å². The van der Waals surface area contributed by atoms with Crippen molar-refractivity contribution in [2.75, 3.05) is 18.1 Å². The number of thioether (sulfide) groups is 1. The molecule has 2 aromatic carbocycles. The summed E-state index contributed by atoms with van der Waals surface area (Å²) in [5.41, 5.74) is 4.11. The van der Waals surface area contributed by atoms with Crippen LogP contribution in [0.4, 0.5) is 0 Å². The van der Waals surface area contributed by atoms with Crippen molar-refractivity contribution in [3.63, 3.8) is 0 Å². The van der Waals surface area contributed by atoms with Crippen LogP contribution in [0.5, 0.6) is 0 Å². The van der Waals surface area contributed by atoms with Gasteiger partial charge in [-0.1, -0.05) is 42.1 Å². The van der Waals surface area contributed by atoms with Crippen molar-refractivity contribution in [2.24, 2.45) is 0 Å². The number of hydrogen-bond donors (Lipinski definition) is 2. The maximum Gasteiger partial charge on any atom is 0.211 e. The number of H-pyrrole nitrogens is 1. The predicted molar refractivity (Wildman–Crippen MR) is 122 cm³/mol. The lowest BCUT2D eigenvalue weighted by molar-refractivity contribution is 0.585. The summed E-state index contributed by atoms with van der Waals surface area (Å²) < 4.78 is 28.0. The summed E-state index contributed by atoms with van der Waals surface area (Å²) in [6.07, 6.45) is 1.95. The van der Waals surface area contributed by atoms with Crippen LogP contribution in [0.25, 0.3) is 28.0 Å². The topological polar surface area (TPSA) is 92.7 Å². The molecule has 4 aromatic rings. The quantitative estimate of drug-likeness (QED) is 0.321. The molecule has 30 heavy (non-hydrogen) atoms. The lowest BCUT2D eigenvalue weighted by Gasteiger charge is -2.11. The maximum absolute atomic E-state index is 11.7. The summed E-state index contributed by atoms with van der Waals surface area (Å²) >= 11 is 1.47. The van der Waals surface area contributed by atoms with Gasteiger partial charge in [-0.05, 0) is 37.6 Å². The number of hydrogen-bond acceptors (Lipinski definition) is 5. The molecule has 2 aromatic heterocycles. The zero-order valence-corrected chi connectivity index (χ0v) is 18.4. The highest BCUT2D eigenvalue weighted by Crippen LogP contribution is 2.32. The fraction of sp³-hybridized carbons (Fsp3) is 0.238. The van der Waals surface area contributed by atoms with Crippen LogP contribution < -0.4 is 4.72 Å². The first-order valence-electron chi connectivity index (χ1n) is 9.67. The monoisotopic (exact) mass is 441 g/mol. The second-order valence-corrected chi connectivity index (χ2v) is 10.0. The van der Waals surface area contributed by atoms with E-state index in [1.165, 1.54) is 11.8 Å². The number of aryl methyl sites for hydroxylation is 1. The minimum Gasteiger partial charge on any atom is -0.360 e. The van der Waals surface area contributed by atoms with Gasteiger partial charge in [-0.15, -0.1) is 10.2 Å². The van der Waals surface area contributed by atoms with E-state index in [1.54, 1.807) is 6.92 Å². The zero-order valence-electron chi connectivity index (χ0n) is 16.8. The second kappa shape index (κ2) is 8.63. The number of benzene rings is 2. The van der Waals surface area contributed by atoms with E-state index < -0.39 is 10.0 Å². The van der Waals surface area contributed by atoms with Crippen LogP contribution in [-0.4, -0.2) is 46.2 Å². The number of para-hydroxylation sites is 1. The van der Waals surface area contributed by atoms with Crippen molar-refractivity contribution < 1.29 is 8.42 Å². The number of aromatic nitrogens is 4. The summed E-state index contributed by atoms with van der Waals surface area (Å²) in [7, 11) is -3.21. The summed E-state index contributed by atoms with van der Waals surface area (Å²) in [5.74, 6) is 1.37. The Morgan fingerprint density at radius 1 is 1.13 bits per heavy atom. The fourth-order valence-electron chi connectivity index (χ4n) is 3.24. The Balaban J connectivity index is 1.71. The Morgan fingerprint density at radius 2 is 1.97 bits per heavy atom. The predicted octanol–water partition coefficient (Wildman–Crippen LogP) is 3.76. The molecule has 0 unspecified atom stereocenters.